The van der Waals surface area contributed by atoms with E-state index in [4.69, 9.17) is 16.3 Å². The monoisotopic (exact) mass is 281 g/mol. The highest BCUT2D eigenvalue weighted by molar-refractivity contribution is 8.00. The summed E-state index contributed by atoms with van der Waals surface area (Å²) in [6.45, 7) is 1.90. The average molecular weight is 282 g/mol. The fraction of sp³-hybridized carbons (Fsp3) is 0.375. The Morgan fingerprint density at radius 3 is 2.75 bits per heavy atom. The number of thiazole rings is 1. The maximum atomic E-state index is 11.5. The van der Waals surface area contributed by atoms with E-state index in [9.17, 15) is 9.59 Å². The van der Waals surface area contributed by atoms with Gasteiger partial charge in [0.15, 0.2) is 4.34 Å². The third kappa shape index (κ3) is 3.36. The molecular formula is C8H8ClNO4S2. The summed E-state index contributed by atoms with van der Waals surface area (Å²) in [6.07, 6.45) is 1.79. The molecule has 0 fully saturated rings. The van der Waals surface area contributed by atoms with Gasteiger partial charge in [-0.15, -0.1) is 0 Å². The number of thioether (sulfide) groups is 1. The first-order chi connectivity index (χ1) is 7.58. The Balaban J connectivity index is 2.99. The summed E-state index contributed by atoms with van der Waals surface area (Å²) in [7, 11) is 0. The van der Waals surface area contributed by atoms with E-state index in [2.05, 4.69) is 9.72 Å². The molecule has 0 bridgehead atoms. The zero-order valence-corrected chi connectivity index (χ0v) is 10.9. The minimum Gasteiger partial charge on any atom is -0.461 e. The molecule has 0 aliphatic heterocycles. The second kappa shape index (κ2) is 6.07. The van der Waals surface area contributed by atoms with Crippen LogP contribution in [0.25, 0.3) is 0 Å². The number of carbonyl (C=O) groups excluding carboxylic acids is 2. The highest BCUT2D eigenvalue weighted by Gasteiger charge is 2.22. The summed E-state index contributed by atoms with van der Waals surface area (Å²) >= 11 is 7.47. The molecule has 1 aromatic rings. The number of hydrogen-bond acceptors (Lipinski definition) is 7. The van der Waals surface area contributed by atoms with E-state index in [1.807, 2.05) is 0 Å². The molecule has 0 radical (unpaired) electrons. The maximum absolute atomic E-state index is 11.5. The molecule has 0 aromatic carbocycles. The lowest BCUT2D eigenvalue weighted by atomic mass is 10.5. The normalized spacial score (nSPS) is 9.94. The van der Waals surface area contributed by atoms with Gasteiger partial charge in [0.25, 0.3) is 0 Å². The van der Waals surface area contributed by atoms with Gasteiger partial charge in [0.05, 0.1) is 6.61 Å². The predicted molar refractivity (Wildman–Crippen MR) is 61.7 cm³/mol. The van der Waals surface area contributed by atoms with Crippen LogP contribution in [0.4, 0.5) is 4.79 Å². The van der Waals surface area contributed by atoms with Gasteiger partial charge < -0.3 is 9.47 Å². The van der Waals surface area contributed by atoms with Crippen molar-refractivity contribution in [3.05, 3.63) is 5.69 Å². The van der Waals surface area contributed by atoms with Gasteiger partial charge in [-0.2, -0.15) is 0 Å². The van der Waals surface area contributed by atoms with Crippen LogP contribution in [0, 0.1) is 0 Å². The Morgan fingerprint density at radius 1 is 1.56 bits per heavy atom. The highest BCUT2D eigenvalue weighted by Crippen LogP contribution is 2.33. The van der Waals surface area contributed by atoms with Crippen LogP contribution < -0.4 is 4.74 Å². The number of ether oxygens (including phenoxy) is 2. The number of nitrogens with zero attached hydrogens (tertiary/aromatic N) is 1. The van der Waals surface area contributed by atoms with Crippen molar-refractivity contribution in [3.8, 4) is 5.06 Å². The number of rotatable bonds is 4. The third-order valence-electron chi connectivity index (χ3n) is 1.39. The molecule has 0 saturated heterocycles. The Bertz CT molecular complexity index is 407. The SMILES string of the molecule is CCOC(=O)c1nc(SC)sc1OC(=O)Cl. The molecule has 16 heavy (non-hydrogen) atoms. The molecule has 0 aliphatic carbocycles. The molecule has 5 nitrogen and oxygen atoms in total. The van der Waals surface area contributed by atoms with E-state index >= 15 is 0 Å². The molecule has 0 unspecified atom stereocenters. The van der Waals surface area contributed by atoms with Crippen LogP contribution in [0.15, 0.2) is 4.34 Å². The lowest BCUT2D eigenvalue weighted by Gasteiger charge is -2.00. The minimum atomic E-state index is -1.01. The fourth-order valence-electron chi connectivity index (χ4n) is 0.845. The van der Waals surface area contributed by atoms with Crippen molar-refractivity contribution < 1.29 is 19.1 Å². The van der Waals surface area contributed by atoms with Gasteiger partial charge in [-0.3, -0.25) is 0 Å². The molecule has 1 heterocycles. The standard InChI is InChI=1S/C8H8ClNO4S2/c1-3-13-5(11)4-6(14-7(9)12)16-8(10-4)15-2/h3H2,1-2H3. The Kier molecular flexibility index (Phi) is 5.04. The molecule has 88 valence electrons. The number of esters is 1. The van der Waals surface area contributed by atoms with Crippen molar-refractivity contribution in [1.82, 2.24) is 4.98 Å². The summed E-state index contributed by atoms with van der Waals surface area (Å²) in [5.74, 6) is -0.632. The van der Waals surface area contributed by atoms with Crippen molar-refractivity contribution in [2.45, 2.75) is 11.3 Å². The lowest BCUT2D eigenvalue weighted by Crippen LogP contribution is -2.08. The third-order valence-corrected chi connectivity index (χ3v) is 3.39. The van der Waals surface area contributed by atoms with Gasteiger partial charge in [0.1, 0.15) is 0 Å². The highest BCUT2D eigenvalue weighted by atomic mass is 35.5. The van der Waals surface area contributed by atoms with Gasteiger partial charge in [-0.05, 0) is 13.2 Å². The summed E-state index contributed by atoms with van der Waals surface area (Å²) in [4.78, 5) is 26.0. The van der Waals surface area contributed by atoms with Crippen LogP contribution in [0.5, 0.6) is 5.06 Å². The molecular weight excluding hydrogens is 274 g/mol. The first-order valence-corrected chi connectivity index (χ1v) is 6.59. The summed E-state index contributed by atoms with van der Waals surface area (Å²) in [6, 6.07) is 0. The topological polar surface area (TPSA) is 65.5 Å². The molecule has 0 spiro atoms. The van der Waals surface area contributed by atoms with Crippen molar-refractivity contribution >= 4 is 46.1 Å². The molecule has 0 saturated carbocycles. The predicted octanol–water partition coefficient (Wildman–Crippen LogP) is 2.78. The number of hydrogen-bond donors (Lipinski definition) is 0. The van der Waals surface area contributed by atoms with Gasteiger partial charge in [-0.1, -0.05) is 23.1 Å². The van der Waals surface area contributed by atoms with Gasteiger partial charge >= 0.3 is 11.4 Å². The van der Waals surface area contributed by atoms with E-state index < -0.39 is 11.4 Å². The number of carbonyl (C=O) groups is 2. The molecule has 1 aromatic heterocycles. The van der Waals surface area contributed by atoms with Gasteiger partial charge in [0.2, 0.25) is 10.8 Å². The molecule has 0 amide bonds. The summed E-state index contributed by atoms with van der Waals surface area (Å²) in [5, 5.41) is 0.0581. The van der Waals surface area contributed by atoms with Crippen LogP contribution in [0.1, 0.15) is 17.4 Å². The first kappa shape index (κ1) is 13.3. The average Bonchev–Trinajstić information content (AvgIpc) is 2.60. The number of aromatic nitrogens is 1. The molecule has 1 rings (SSSR count). The Morgan fingerprint density at radius 2 is 2.25 bits per heavy atom. The molecule has 8 heteroatoms. The van der Waals surface area contributed by atoms with E-state index in [1.54, 1.807) is 13.2 Å². The lowest BCUT2D eigenvalue weighted by molar-refractivity contribution is 0.0517. The minimum absolute atomic E-state index is 0.0230. The second-order valence-corrected chi connectivity index (χ2v) is 4.70. The second-order valence-electron chi connectivity index (χ2n) is 2.38. The molecule has 0 aliphatic rings. The summed E-state index contributed by atoms with van der Waals surface area (Å²) < 4.78 is 10.0. The quantitative estimate of drug-likeness (QED) is 0.480. The smallest absolute Gasteiger partial charge is 0.410 e. The van der Waals surface area contributed by atoms with Crippen LogP contribution >= 0.6 is 34.7 Å². The van der Waals surface area contributed by atoms with Crippen molar-refractivity contribution in [2.24, 2.45) is 0 Å². The zero-order valence-electron chi connectivity index (χ0n) is 8.48. The molecule has 0 atom stereocenters. The van der Waals surface area contributed by atoms with Crippen LogP contribution in [-0.4, -0.2) is 29.2 Å². The van der Waals surface area contributed by atoms with Crippen molar-refractivity contribution in [1.29, 1.82) is 0 Å². The van der Waals surface area contributed by atoms with Crippen molar-refractivity contribution in [3.63, 3.8) is 0 Å². The fourth-order valence-corrected chi connectivity index (χ4v) is 2.35. The zero-order chi connectivity index (χ0) is 12.1. The van der Waals surface area contributed by atoms with Crippen LogP contribution in [0.3, 0.4) is 0 Å². The van der Waals surface area contributed by atoms with E-state index in [1.165, 1.54) is 11.8 Å². The first-order valence-electron chi connectivity index (χ1n) is 4.17. The van der Waals surface area contributed by atoms with Crippen LogP contribution in [-0.2, 0) is 4.74 Å². The largest absolute Gasteiger partial charge is 0.461 e. The number of halogens is 1. The van der Waals surface area contributed by atoms with Crippen LogP contribution in [0.2, 0.25) is 0 Å². The van der Waals surface area contributed by atoms with Gasteiger partial charge in [0, 0.05) is 11.6 Å². The van der Waals surface area contributed by atoms with E-state index in [-0.39, 0.29) is 17.4 Å². The van der Waals surface area contributed by atoms with E-state index in [0.29, 0.717) is 4.34 Å². The Labute approximate surface area is 105 Å². The Hall–Kier alpha value is -0.790. The summed E-state index contributed by atoms with van der Waals surface area (Å²) in [5.41, 5.74) is -1.04. The maximum Gasteiger partial charge on any atom is 0.410 e. The van der Waals surface area contributed by atoms with Crippen molar-refractivity contribution in [2.75, 3.05) is 12.9 Å². The van der Waals surface area contributed by atoms with E-state index in [0.717, 1.165) is 11.3 Å². The molecule has 0 N–H and O–H groups in total. The van der Waals surface area contributed by atoms with Gasteiger partial charge in [-0.25, -0.2) is 14.6 Å².